The Morgan fingerprint density at radius 3 is 0.795 bits per heavy atom. The molecule has 0 N–H and O–H groups in total. The molecule has 12 aromatic carbocycles. The van der Waals surface area contributed by atoms with Crippen molar-refractivity contribution in [1.82, 2.24) is 0 Å². The lowest BCUT2D eigenvalue weighted by atomic mass is 9.62. The Bertz CT molecular complexity index is 6990. The SMILES string of the molecule is C.Cc1c(C)c(C)c2c(c1C)-c1c(C)c(C)c(C)c(C)c1C1(C=COc3c1ccc1c3CCO1)c1c(C)c(C)c(C)c(C)c1-2.Cc1c(C)c(C)c2c(c1C)-c1c(C)c(C)c(C)c(C)c1C1(C=CS(=O)(=O)c3c1ccc1c3CCO1)c1c(C)c(C)c(C)c(C)c1-2.Cc1c(C)c(C)c2c(c1C)-c1c(C)c(C)c(C)c(C)c1C1(C=CSc3c1ccc1c3CCO1)c1c(C)c(C)c(C)c(C)c1-2. The highest BCUT2D eigenvalue weighted by Crippen LogP contribution is 2.68. The van der Waals surface area contributed by atoms with Crippen molar-refractivity contribution in [2.45, 2.75) is 302 Å². The van der Waals surface area contributed by atoms with Gasteiger partial charge in [0, 0.05) is 51.8 Å². The fourth-order valence-electron chi connectivity index (χ4n) is 26.4. The second-order valence-corrected chi connectivity index (χ2v) is 43.6. The number of sulfone groups is 1. The molecule has 0 bridgehead atoms. The van der Waals surface area contributed by atoms with Crippen LogP contribution in [0.3, 0.4) is 0 Å². The minimum Gasteiger partial charge on any atom is -0.493 e. The molecule has 21 rings (SSSR count). The van der Waals surface area contributed by atoms with Crippen molar-refractivity contribution in [1.29, 1.82) is 0 Å². The first kappa shape index (κ1) is 91.8. The normalized spacial score (nSPS) is 15.6. The van der Waals surface area contributed by atoms with Crippen molar-refractivity contribution < 1.29 is 27.4 Å². The van der Waals surface area contributed by atoms with E-state index < -0.39 is 26.1 Å². The standard InChI is InChI=1S/C41H44O3S.C41H44O2.C41H44OS.CH4/c1-19-20(2)26(8)35-34(25(19)7)36-27(9)21(3)23(5)29(11)38(36)41(39-30(12)24(6)22(4)28(10)37(35)39)16-18-45(42,43)40-31-15-17-44-33(31)14-13-32(40)41;2*1-19-20(2)26(8)35-34(25(19)7)36-27(9)21(3)23(5)29(11)38(36)41(39-30(12)24(6)22(4)28(10)37(35)39)16-18-43-40-31-15-17-42-33(31)14-13-32(40)41;/h13-14,16,18H,15,17H2,1-12H3;2*13-14,16,18H,15,17H2,1-12H3;1H4. The summed E-state index contributed by atoms with van der Waals surface area (Å²) in [7, 11) is -3.70. The number of hydrogen-bond acceptors (Lipinski definition) is 7. The highest BCUT2D eigenvalue weighted by atomic mass is 32.2. The van der Waals surface area contributed by atoms with Crippen LogP contribution in [0.15, 0.2) is 81.5 Å². The van der Waals surface area contributed by atoms with Crippen LogP contribution in [-0.2, 0) is 45.3 Å². The Kier molecular flexibility index (Phi) is 21.7. The molecule has 9 aliphatic rings. The van der Waals surface area contributed by atoms with E-state index in [2.05, 4.69) is 297 Å². The van der Waals surface area contributed by atoms with Gasteiger partial charge in [-0.3, -0.25) is 0 Å². The van der Waals surface area contributed by atoms with Crippen molar-refractivity contribution in [3.63, 3.8) is 0 Å². The van der Waals surface area contributed by atoms with Crippen LogP contribution < -0.4 is 18.9 Å². The second-order valence-electron chi connectivity index (χ2n) is 40.9. The van der Waals surface area contributed by atoms with Crippen LogP contribution in [0.1, 0.15) is 274 Å². The first-order valence-corrected chi connectivity index (χ1v) is 50.2. The van der Waals surface area contributed by atoms with E-state index in [1.54, 1.807) is 0 Å². The van der Waals surface area contributed by atoms with E-state index in [1.165, 1.54) is 333 Å². The fraction of sp³-hybridized carbons (Fsp3) is 0.371. The second kappa shape index (κ2) is 31.2. The molecule has 0 aromatic heterocycles. The van der Waals surface area contributed by atoms with Gasteiger partial charge in [0.15, 0.2) is 9.84 Å². The van der Waals surface area contributed by atoms with Crippen molar-refractivity contribution in [3.05, 3.63) is 339 Å². The van der Waals surface area contributed by atoms with Gasteiger partial charge in [-0.05, 0) is 590 Å². The first-order valence-electron chi connectivity index (χ1n) is 47.8. The summed E-state index contributed by atoms with van der Waals surface area (Å²) in [6.07, 6.45) is 11.4. The van der Waals surface area contributed by atoms with E-state index in [0.29, 0.717) is 30.3 Å². The zero-order valence-electron chi connectivity index (χ0n) is 84.9. The van der Waals surface area contributed by atoms with Gasteiger partial charge >= 0.3 is 0 Å². The Labute approximate surface area is 793 Å². The predicted octanol–water partition coefficient (Wildman–Crippen LogP) is 31.4. The summed E-state index contributed by atoms with van der Waals surface area (Å²) in [5.74, 6) is 3.69. The lowest BCUT2D eigenvalue weighted by Crippen LogP contribution is -2.35. The highest BCUT2D eigenvalue weighted by molar-refractivity contribution is 8.02. The molecular formula is C124H136O6S2. The molecule has 0 saturated heterocycles. The van der Waals surface area contributed by atoms with Crippen LogP contribution in [-0.4, -0.2) is 28.2 Å². The predicted molar refractivity (Wildman–Crippen MR) is 557 cm³/mol. The molecule has 0 saturated carbocycles. The number of benzene rings is 12. The van der Waals surface area contributed by atoms with E-state index in [0.717, 1.165) is 47.8 Å². The average Bonchev–Trinajstić information content (AvgIpc) is 1.48. The monoisotopic (exact) mass is 1780 g/mol. The van der Waals surface area contributed by atoms with Crippen molar-refractivity contribution >= 4 is 21.6 Å². The van der Waals surface area contributed by atoms with Gasteiger partial charge in [0.25, 0.3) is 0 Å². The number of fused-ring (bicyclic) bond motifs is 33. The van der Waals surface area contributed by atoms with Crippen LogP contribution in [0.5, 0.6) is 23.0 Å². The van der Waals surface area contributed by atoms with Crippen LogP contribution in [0, 0.1) is 249 Å². The summed E-state index contributed by atoms with van der Waals surface area (Å²) >= 11 is 1.89. The molecule has 680 valence electrons. The highest BCUT2D eigenvalue weighted by Gasteiger charge is 2.55. The Morgan fingerprint density at radius 2 is 0.485 bits per heavy atom. The van der Waals surface area contributed by atoms with Gasteiger partial charge in [-0.1, -0.05) is 49.5 Å². The zero-order chi connectivity index (χ0) is 94.4. The summed E-state index contributed by atoms with van der Waals surface area (Å²) in [4.78, 5) is 1.83. The first-order chi connectivity index (χ1) is 61.8. The molecule has 6 aliphatic heterocycles. The summed E-state index contributed by atoms with van der Waals surface area (Å²) in [5.41, 5.74) is 78.7. The van der Waals surface area contributed by atoms with Gasteiger partial charge in [-0.2, -0.15) is 0 Å². The minimum absolute atomic E-state index is 0. The van der Waals surface area contributed by atoms with Gasteiger partial charge in [0.2, 0.25) is 0 Å². The van der Waals surface area contributed by atoms with Crippen LogP contribution in [0.4, 0.5) is 0 Å². The summed E-state index contributed by atoms with van der Waals surface area (Å²) in [6, 6.07) is 13.2. The average molecular weight is 1790 g/mol. The number of ether oxygens (including phenoxy) is 4. The molecule has 6 heterocycles. The van der Waals surface area contributed by atoms with Gasteiger partial charge in [0.1, 0.15) is 23.0 Å². The molecule has 0 atom stereocenters. The lowest BCUT2D eigenvalue weighted by molar-refractivity contribution is 0.356. The van der Waals surface area contributed by atoms with E-state index in [4.69, 9.17) is 18.9 Å². The van der Waals surface area contributed by atoms with Crippen LogP contribution in [0.25, 0.3) is 66.8 Å². The number of thioether (sulfide) groups is 1. The third kappa shape index (κ3) is 11.6. The van der Waals surface area contributed by atoms with E-state index in [-0.39, 0.29) is 7.43 Å². The third-order valence-corrected chi connectivity index (χ3v) is 39.1. The third-order valence-electron chi connectivity index (χ3n) is 36.6. The minimum atomic E-state index is -3.70. The Morgan fingerprint density at radius 1 is 0.250 bits per heavy atom. The van der Waals surface area contributed by atoms with Crippen molar-refractivity contribution in [2.24, 2.45) is 0 Å². The smallest absolute Gasteiger partial charge is 0.200 e. The Balaban J connectivity index is 0.000000132. The molecule has 12 aromatic rings. The lowest BCUT2D eigenvalue weighted by Gasteiger charge is -2.42. The number of hydrogen-bond donors (Lipinski definition) is 0. The molecule has 8 heteroatoms. The summed E-state index contributed by atoms with van der Waals surface area (Å²) < 4.78 is 53.1. The van der Waals surface area contributed by atoms with Gasteiger partial charge in [0.05, 0.1) is 47.2 Å². The summed E-state index contributed by atoms with van der Waals surface area (Å²) in [6.45, 7) is 85.4. The van der Waals surface area contributed by atoms with E-state index >= 15 is 0 Å². The largest absolute Gasteiger partial charge is 0.493 e. The maximum atomic E-state index is 14.2. The molecular weight excluding hydrogens is 1650 g/mol. The molecule has 0 radical (unpaired) electrons. The molecule has 3 aliphatic carbocycles. The zero-order valence-corrected chi connectivity index (χ0v) is 86.6. The maximum absolute atomic E-state index is 14.2. The number of rotatable bonds is 0. The van der Waals surface area contributed by atoms with Crippen molar-refractivity contribution in [3.8, 4) is 89.8 Å². The van der Waals surface area contributed by atoms with Gasteiger partial charge in [-0.25, -0.2) is 8.42 Å². The topological polar surface area (TPSA) is 71.1 Å². The molecule has 3 spiro atoms. The molecule has 132 heavy (non-hydrogen) atoms. The maximum Gasteiger partial charge on any atom is 0.200 e. The Hall–Kier alpha value is -10.6. The summed E-state index contributed by atoms with van der Waals surface area (Å²) in [5, 5.41) is 3.91. The number of allylic oxidation sites excluding steroid dienone is 3. The van der Waals surface area contributed by atoms with Gasteiger partial charge in [-0.15, -0.1) is 0 Å². The van der Waals surface area contributed by atoms with E-state index in [9.17, 15) is 8.42 Å². The van der Waals surface area contributed by atoms with Gasteiger partial charge < -0.3 is 18.9 Å². The van der Waals surface area contributed by atoms with Crippen LogP contribution >= 0.6 is 11.8 Å². The molecule has 6 nitrogen and oxygen atoms in total. The quantitative estimate of drug-likeness (QED) is 0.150. The fourth-order valence-corrected chi connectivity index (χ4v) is 29.1. The molecule has 0 unspecified atom stereocenters. The molecule has 0 fully saturated rings. The van der Waals surface area contributed by atoms with E-state index in [1.807, 2.05) is 30.2 Å². The van der Waals surface area contributed by atoms with Crippen LogP contribution in [0.2, 0.25) is 0 Å². The molecule has 0 amide bonds. The van der Waals surface area contributed by atoms with Crippen molar-refractivity contribution in [2.75, 3.05) is 19.8 Å².